The molecular weight excluding hydrogens is 328 g/mol. The molecule has 0 aliphatic carbocycles. The molecule has 0 amide bonds. The van der Waals surface area contributed by atoms with E-state index in [1.807, 2.05) is 24.6 Å². The molecule has 1 saturated heterocycles. The topological polar surface area (TPSA) is 49.4 Å². The van der Waals surface area contributed by atoms with Gasteiger partial charge in [-0.15, -0.1) is 23.7 Å². The van der Waals surface area contributed by atoms with E-state index in [1.165, 1.54) is 0 Å². The van der Waals surface area contributed by atoms with E-state index in [4.69, 9.17) is 0 Å². The van der Waals surface area contributed by atoms with Crippen LogP contribution in [0.4, 0.5) is 0 Å². The van der Waals surface area contributed by atoms with Crippen molar-refractivity contribution >= 4 is 33.8 Å². The molecule has 0 radical (unpaired) electrons. The van der Waals surface area contributed by atoms with E-state index in [-0.39, 0.29) is 18.2 Å². The second kappa shape index (κ2) is 9.10. The summed E-state index contributed by atoms with van der Waals surface area (Å²) < 4.78 is 26.3. The third kappa shape index (κ3) is 5.87. The lowest BCUT2D eigenvalue weighted by atomic mass is 9.95. The lowest BCUT2D eigenvalue weighted by molar-refractivity contribution is 0.263. The fourth-order valence-corrected chi connectivity index (χ4v) is 4.98. The van der Waals surface area contributed by atoms with Crippen LogP contribution < -0.4 is 5.32 Å². The lowest BCUT2D eigenvalue weighted by Crippen LogP contribution is -2.40. The predicted molar refractivity (Wildman–Crippen MR) is 91.9 cm³/mol. The first-order chi connectivity index (χ1) is 9.62. The highest BCUT2D eigenvalue weighted by Gasteiger charge is 2.27. The molecule has 122 valence electrons. The van der Waals surface area contributed by atoms with Crippen LogP contribution in [0.25, 0.3) is 0 Å². The van der Waals surface area contributed by atoms with Gasteiger partial charge in [0.2, 0.25) is 10.0 Å². The lowest BCUT2D eigenvalue weighted by Gasteiger charge is -2.31. The number of rotatable bonds is 7. The Bertz CT molecular complexity index is 483. The van der Waals surface area contributed by atoms with Crippen LogP contribution in [0.1, 0.15) is 24.1 Å². The zero-order valence-corrected chi connectivity index (χ0v) is 14.9. The van der Waals surface area contributed by atoms with Gasteiger partial charge in [0, 0.05) is 18.0 Å². The largest absolute Gasteiger partial charge is 0.320 e. The van der Waals surface area contributed by atoms with Gasteiger partial charge >= 0.3 is 0 Å². The number of nitrogens with one attached hydrogen (secondary N) is 1. The molecule has 4 nitrogen and oxygen atoms in total. The van der Waals surface area contributed by atoms with Crippen molar-refractivity contribution in [2.45, 2.75) is 25.7 Å². The monoisotopic (exact) mass is 352 g/mol. The van der Waals surface area contributed by atoms with E-state index in [2.05, 4.69) is 5.32 Å². The van der Waals surface area contributed by atoms with Crippen molar-refractivity contribution in [2.24, 2.45) is 5.92 Å². The van der Waals surface area contributed by atoms with E-state index in [9.17, 15) is 8.42 Å². The molecule has 1 fully saturated rings. The van der Waals surface area contributed by atoms with Crippen LogP contribution in [0.3, 0.4) is 0 Å². The highest BCUT2D eigenvalue weighted by atomic mass is 35.5. The standard InChI is InChI=1S/C14H24N2O2S2.ClH/c1-15-8-4-13-5-9-16(10-6-13)20(17,18)12-7-14-3-2-11-19-14;/h2-3,11,13,15H,4-10,12H2,1H3;1H. The molecule has 1 N–H and O–H groups in total. The SMILES string of the molecule is CNCCC1CCN(S(=O)(=O)CCc2cccs2)CC1.Cl. The van der Waals surface area contributed by atoms with Crippen LogP contribution in [-0.2, 0) is 16.4 Å². The minimum Gasteiger partial charge on any atom is -0.320 e. The molecule has 0 bridgehead atoms. The average molecular weight is 353 g/mol. The Labute approximate surface area is 138 Å². The second-order valence-electron chi connectivity index (χ2n) is 5.38. The molecule has 0 spiro atoms. The van der Waals surface area contributed by atoms with Gasteiger partial charge in [0.05, 0.1) is 5.75 Å². The van der Waals surface area contributed by atoms with E-state index in [0.29, 0.717) is 25.4 Å². The molecular formula is C14H25ClN2O2S2. The Morgan fingerprint density at radius 3 is 2.67 bits per heavy atom. The van der Waals surface area contributed by atoms with E-state index < -0.39 is 10.0 Å². The number of thiophene rings is 1. The fourth-order valence-electron chi connectivity index (χ4n) is 2.64. The van der Waals surface area contributed by atoms with Gasteiger partial charge < -0.3 is 5.32 Å². The Morgan fingerprint density at radius 1 is 1.38 bits per heavy atom. The first-order valence-electron chi connectivity index (χ1n) is 7.26. The second-order valence-corrected chi connectivity index (χ2v) is 8.50. The number of nitrogens with zero attached hydrogens (tertiary/aromatic N) is 1. The van der Waals surface area contributed by atoms with Gasteiger partial charge in [-0.2, -0.15) is 0 Å². The average Bonchev–Trinajstić information content (AvgIpc) is 2.97. The van der Waals surface area contributed by atoms with Crippen molar-refractivity contribution < 1.29 is 8.42 Å². The minimum atomic E-state index is -3.08. The molecule has 1 aromatic rings. The zero-order valence-electron chi connectivity index (χ0n) is 12.5. The van der Waals surface area contributed by atoms with E-state index >= 15 is 0 Å². The Balaban J connectivity index is 0.00000220. The minimum absolute atomic E-state index is 0. The summed E-state index contributed by atoms with van der Waals surface area (Å²) in [5, 5.41) is 5.16. The summed E-state index contributed by atoms with van der Waals surface area (Å²) in [6.07, 6.45) is 3.79. The maximum atomic E-state index is 12.3. The summed E-state index contributed by atoms with van der Waals surface area (Å²) in [7, 11) is -1.12. The van der Waals surface area contributed by atoms with Crippen molar-refractivity contribution in [1.29, 1.82) is 0 Å². The first-order valence-corrected chi connectivity index (χ1v) is 9.75. The molecule has 0 aromatic carbocycles. The quantitative estimate of drug-likeness (QED) is 0.819. The normalized spacial score (nSPS) is 17.6. The summed E-state index contributed by atoms with van der Waals surface area (Å²) in [5.41, 5.74) is 0. The zero-order chi connectivity index (χ0) is 14.4. The van der Waals surface area contributed by atoms with Crippen LogP contribution in [0.15, 0.2) is 17.5 Å². The Hall–Kier alpha value is -0.140. The van der Waals surface area contributed by atoms with Gasteiger partial charge in [0.1, 0.15) is 0 Å². The Morgan fingerprint density at radius 2 is 2.10 bits per heavy atom. The van der Waals surface area contributed by atoms with Gasteiger partial charge in [-0.1, -0.05) is 6.07 Å². The van der Waals surface area contributed by atoms with Gasteiger partial charge in [0.15, 0.2) is 0 Å². The molecule has 1 aliphatic rings. The van der Waals surface area contributed by atoms with Crippen LogP contribution >= 0.6 is 23.7 Å². The number of hydrogen-bond donors (Lipinski definition) is 1. The van der Waals surface area contributed by atoms with Crippen molar-refractivity contribution in [3.8, 4) is 0 Å². The number of hydrogen-bond acceptors (Lipinski definition) is 4. The van der Waals surface area contributed by atoms with Crippen molar-refractivity contribution in [3.05, 3.63) is 22.4 Å². The highest BCUT2D eigenvalue weighted by Crippen LogP contribution is 2.22. The highest BCUT2D eigenvalue weighted by molar-refractivity contribution is 7.89. The maximum absolute atomic E-state index is 12.3. The summed E-state index contributed by atoms with van der Waals surface area (Å²) in [6, 6.07) is 3.98. The molecule has 2 rings (SSSR count). The molecule has 2 heterocycles. The summed E-state index contributed by atoms with van der Waals surface area (Å²) >= 11 is 1.63. The van der Waals surface area contributed by atoms with Crippen molar-refractivity contribution in [1.82, 2.24) is 9.62 Å². The number of piperidine rings is 1. The molecule has 1 aromatic heterocycles. The smallest absolute Gasteiger partial charge is 0.214 e. The van der Waals surface area contributed by atoms with Gasteiger partial charge in [-0.25, -0.2) is 12.7 Å². The van der Waals surface area contributed by atoms with Crippen LogP contribution in [0, 0.1) is 5.92 Å². The van der Waals surface area contributed by atoms with Gasteiger partial charge in [0.25, 0.3) is 0 Å². The van der Waals surface area contributed by atoms with E-state index in [0.717, 1.165) is 30.7 Å². The van der Waals surface area contributed by atoms with E-state index in [1.54, 1.807) is 15.6 Å². The molecule has 7 heteroatoms. The van der Waals surface area contributed by atoms with Gasteiger partial charge in [-0.3, -0.25) is 0 Å². The van der Waals surface area contributed by atoms with Crippen molar-refractivity contribution in [2.75, 3.05) is 32.4 Å². The molecule has 0 saturated carbocycles. The molecule has 0 atom stereocenters. The summed E-state index contributed by atoms with van der Waals surface area (Å²) in [5.74, 6) is 0.917. The fraction of sp³-hybridized carbons (Fsp3) is 0.714. The number of halogens is 1. The third-order valence-electron chi connectivity index (χ3n) is 3.96. The number of sulfonamides is 1. The molecule has 21 heavy (non-hydrogen) atoms. The van der Waals surface area contributed by atoms with Crippen molar-refractivity contribution in [3.63, 3.8) is 0 Å². The predicted octanol–water partition coefficient (Wildman–Crippen LogP) is 2.36. The maximum Gasteiger partial charge on any atom is 0.214 e. The summed E-state index contributed by atoms with van der Waals surface area (Å²) in [4.78, 5) is 1.15. The summed E-state index contributed by atoms with van der Waals surface area (Å²) in [6.45, 7) is 2.41. The first kappa shape index (κ1) is 18.9. The van der Waals surface area contributed by atoms with Gasteiger partial charge in [-0.05, 0) is 56.6 Å². The molecule has 0 unspecified atom stereocenters. The third-order valence-corrected chi connectivity index (χ3v) is 6.76. The Kier molecular flexibility index (Phi) is 8.19. The number of aryl methyl sites for hydroxylation is 1. The van der Waals surface area contributed by atoms with Crippen LogP contribution in [0.2, 0.25) is 0 Å². The van der Waals surface area contributed by atoms with Crippen LogP contribution in [0.5, 0.6) is 0 Å². The van der Waals surface area contributed by atoms with Crippen LogP contribution in [-0.4, -0.2) is 45.2 Å². The molecule has 1 aliphatic heterocycles.